The van der Waals surface area contributed by atoms with Crippen molar-refractivity contribution in [3.63, 3.8) is 0 Å². The van der Waals surface area contributed by atoms with Gasteiger partial charge in [-0.2, -0.15) is 0 Å². The summed E-state index contributed by atoms with van der Waals surface area (Å²) in [5.41, 5.74) is 2.88. The minimum atomic E-state index is -0.409. The highest BCUT2D eigenvalue weighted by Crippen LogP contribution is 2.35. The van der Waals surface area contributed by atoms with Crippen LogP contribution in [0.3, 0.4) is 0 Å². The molecule has 2 amide bonds. The molecule has 0 bridgehead atoms. The summed E-state index contributed by atoms with van der Waals surface area (Å²) >= 11 is 1.27. The minimum Gasteiger partial charge on any atom is -0.454 e. The SMILES string of the molecule is Cc1ccc(N2C(=O)/C(=C/c3ccc4c(c3)OCO4)N=C2SC(C)C(=O)NCC(C)C)cc1. The molecule has 7 nitrogen and oxygen atoms in total. The van der Waals surface area contributed by atoms with E-state index in [9.17, 15) is 9.59 Å². The molecule has 4 rings (SSSR count). The second-order valence-corrected chi connectivity index (χ2v) is 9.72. The van der Waals surface area contributed by atoms with Crippen LogP contribution in [-0.4, -0.2) is 35.6 Å². The Bertz CT molecular complexity index is 1120. The third-order valence-corrected chi connectivity index (χ3v) is 6.21. The topological polar surface area (TPSA) is 80.2 Å². The van der Waals surface area contributed by atoms with Gasteiger partial charge in [0.1, 0.15) is 5.70 Å². The average molecular weight is 466 g/mol. The summed E-state index contributed by atoms with van der Waals surface area (Å²) in [6.07, 6.45) is 1.72. The highest BCUT2D eigenvalue weighted by molar-refractivity contribution is 8.15. The van der Waals surface area contributed by atoms with Gasteiger partial charge in [0, 0.05) is 6.54 Å². The number of aryl methyl sites for hydroxylation is 1. The monoisotopic (exact) mass is 465 g/mol. The molecule has 0 fully saturated rings. The van der Waals surface area contributed by atoms with E-state index in [-0.39, 0.29) is 18.6 Å². The molecule has 0 spiro atoms. The Balaban J connectivity index is 1.63. The number of carbonyl (C=O) groups is 2. The van der Waals surface area contributed by atoms with Crippen LogP contribution in [0.25, 0.3) is 6.08 Å². The van der Waals surface area contributed by atoms with Gasteiger partial charge in [0.15, 0.2) is 16.7 Å². The molecular formula is C25H27N3O4S. The first-order chi connectivity index (χ1) is 15.8. The van der Waals surface area contributed by atoms with Crippen molar-refractivity contribution in [2.75, 3.05) is 18.2 Å². The van der Waals surface area contributed by atoms with E-state index in [2.05, 4.69) is 10.3 Å². The number of thioether (sulfide) groups is 1. The number of hydrogen-bond acceptors (Lipinski definition) is 6. The van der Waals surface area contributed by atoms with Crippen LogP contribution < -0.4 is 19.7 Å². The molecule has 2 aliphatic heterocycles. The van der Waals surface area contributed by atoms with Gasteiger partial charge in [-0.05, 0) is 55.7 Å². The van der Waals surface area contributed by atoms with E-state index in [1.165, 1.54) is 11.8 Å². The lowest BCUT2D eigenvalue weighted by molar-refractivity contribution is -0.120. The molecule has 2 aliphatic rings. The van der Waals surface area contributed by atoms with Gasteiger partial charge in [-0.3, -0.25) is 14.5 Å². The third kappa shape index (κ3) is 5.22. The predicted molar refractivity (Wildman–Crippen MR) is 132 cm³/mol. The lowest BCUT2D eigenvalue weighted by Crippen LogP contribution is -2.37. The van der Waals surface area contributed by atoms with E-state index < -0.39 is 5.25 Å². The number of ether oxygens (including phenoxy) is 2. The van der Waals surface area contributed by atoms with Crippen LogP contribution >= 0.6 is 11.8 Å². The standard InChI is InChI=1S/C25H27N3O4S/c1-15(2)13-26-23(29)17(4)33-25-27-20(11-18-7-10-21-22(12-18)32-14-31-21)24(30)28(25)19-8-5-16(3)6-9-19/h5-12,15,17H,13-14H2,1-4H3,(H,26,29)/b20-11-. The second kappa shape index (κ2) is 9.70. The molecule has 2 aromatic rings. The van der Waals surface area contributed by atoms with Crippen molar-refractivity contribution in [3.8, 4) is 11.5 Å². The minimum absolute atomic E-state index is 0.0825. The van der Waals surface area contributed by atoms with E-state index >= 15 is 0 Å². The molecule has 0 saturated heterocycles. The smallest absolute Gasteiger partial charge is 0.283 e. The summed E-state index contributed by atoms with van der Waals surface area (Å²) in [4.78, 5) is 32.1. The summed E-state index contributed by atoms with van der Waals surface area (Å²) < 4.78 is 10.8. The van der Waals surface area contributed by atoms with Gasteiger partial charge in [-0.25, -0.2) is 4.99 Å². The molecule has 172 valence electrons. The lowest BCUT2D eigenvalue weighted by Gasteiger charge is -2.20. The number of hydrogen-bond donors (Lipinski definition) is 1. The summed E-state index contributed by atoms with van der Waals surface area (Å²) in [5, 5.41) is 3.01. The number of fused-ring (bicyclic) bond motifs is 1. The maximum Gasteiger partial charge on any atom is 0.283 e. The number of amides is 2. The molecule has 0 saturated carbocycles. The summed E-state index contributed by atoms with van der Waals surface area (Å²) in [5.74, 6) is 1.35. The number of rotatable bonds is 6. The molecule has 8 heteroatoms. The van der Waals surface area contributed by atoms with Gasteiger partial charge in [0.05, 0.1) is 10.9 Å². The van der Waals surface area contributed by atoms with Crippen molar-refractivity contribution in [1.82, 2.24) is 5.32 Å². The zero-order valence-electron chi connectivity index (χ0n) is 19.1. The first-order valence-electron chi connectivity index (χ1n) is 10.9. The Morgan fingerprint density at radius 2 is 1.88 bits per heavy atom. The molecule has 0 radical (unpaired) electrons. The van der Waals surface area contributed by atoms with E-state index in [1.54, 1.807) is 11.0 Å². The summed E-state index contributed by atoms with van der Waals surface area (Å²) in [7, 11) is 0. The number of nitrogens with one attached hydrogen (secondary N) is 1. The Kier molecular flexibility index (Phi) is 6.74. The molecule has 1 atom stereocenters. The highest BCUT2D eigenvalue weighted by atomic mass is 32.2. The summed E-state index contributed by atoms with van der Waals surface area (Å²) in [6, 6.07) is 13.2. The fourth-order valence-electron chi connectivity index (χ4n) is 3.32. The van der Waals surface area contributed by atoms with Crippen LogP contribution in [0.1, 0.15) is 31.9 Å². The number of aliphatic imine (C=N–C) groups is 1. The van der Waals surface area contributed by atoms with Crippen LogP contribution in [0.5, 0.6) is 11.5 Å². The molecule has 2 heterocycles. The van der Waals surface area contributed by atoms with Crippen LogP contribution in [0, 0.1) is 12.8 Å². The molecule has 0 aliphatic carbocycles. The van der Waals surface area contributed by atoms with Crippen LogP contribution in [0.4, 0.5) is 5.69 Å². The van der Waals surface area contributed by atoms with Crippen molar-refractivity contribution in [2.24, 2.45) is 10.9 Å². The fraction of sp³-hybridized carbons (Fsp3) is 0.320. The molecule has 0 aromatic heterocycles. The largest absolute Gasteiger partial charge is 0.454 e. The van der Waals surface area contributed by atoms with Crippen LogP contribution in [0.2, 0.25) is 0 Å². The van der Waals surface area contributed by atoms with E-state index in [4.69, 9.17) is 9.47 Å². The lowest BCUT2D eigenvalue weighted by atomic mass is 10.1. The van der Waals surface area contributed by atoms with Crippen molar-refractivity contribution >= 4 is 40.5 Å². The Hall–Kier alpha value is -3.26. The van der Waals surface area contributed by atoms with Gasteiger partial charge < -0.3 is 14.8 Å². The maximum absolute atomic E-state index is 13.4. The van der Waals surface area contributed by atoms with Crippen LogP contribution in [0.15, 0.2) is 53.2 Å². The highest BCUT2D eigenvalue weighted by Gasteiger charge is 2.34. The number of nitrogens with zero attached hydrogens (tertiary/aromatic N) is 2. The van der Waals surface area contributed by atoms with Gasteiger partial charge in [-0.1, -0.05) is 49.4 Å². The predicted octanol–water partition coefficient (Wildman–Crippen LogP) is 4.36. The van der Waals surface area contributed by atoms with E-state index in [1.807, 2.05) is 70.2 Å². The normalized spacial score (nSPS) is 17.0. The summed E-state index contributed by atoms with van der Waals surface area (Å²) in [6.45, 7) is 8.69. The van der Waals surface area contributed by atoms with Gasteiger partial charge >= 0.3 is 0 Å². The number of benzene rings is 2. The molecule has 2 aromatic carbocycles. The van der Waals surface area contributed by atoms with Gasteiger partial charge in [0.2, 0.25) is 12.7 Å². The van der Waals surface area contributed by atoms with Gasteiger partial charge in [0.25, 0.3) is 5.91 Å². The molecule has 1 N–H and O–H groups in total. The number of amidine groups is 1. The molecular weight excluding hydrogens is 438 g/mol. The number of carbonyl (C=O) groups excluding carboxylic acids is 2. The maximum atomic E-state index is 13.4. The zero-order chi connectivity index (χ0) is 23.5. The molecule has 33 heavy (non-hydrogen) atoms. The van der Waals surface area contributed by atoms with Crippen molar-refractivity contribution in [2.45, 2.75) is 32.9 Å². The Morgan fingerprint density at radius 1 is 1.15 bits per heavy atom. The first kappa shape index (κ1) is 22.9. The third-order valence-electron chi connectivity index (χ3n) is 5.16. The fourth-order valence-corrected chi connectivity index (χ4v) is 4.27. The van der Waals surface area contributed by atoms with Crippen molar-refractivity contribution in [3.05, 3.63) is 59.3 Å². The number of anilines is 1. The van der Waals surface area contributed by atoms with Crippen molar-refractivity contribution in [1.29, 1.82) is 0 Å². The van der Waals surface area contributed by atoms with Crippen molar-refractivity contribution < 1.29 is 19.1 Å². The average Bonchev–Trinajstić information content (AvgIpc) is 3.37. The Morgan fingerprint density at radius 3 is 2.61 bits per heavy atom. The first-order valence-corrected chi connectivity index (χ1v) is 11.8. The molecule has 1 unspecified atom stereocenters. The second-order valence-electron chi connectivity index (χ2n) is 8.41. The van der Waals surface area contributed by atoms with E-state index in [0.717, 1.165) is 11.1 Å². The zero-order valence-corrected chi connectivity index (χ0v) is 19.9. The van der Waals surface area contributed by atoms with Gasteiger partial charge in [-0.15, -0.1) is 0 Å². The Labute approximate surface area is 197 Å². The van der Waals surface area contributed by atoms with E-state index in [0.29, 0.717) is 40.5 Å². The van der Waals surface area contributed by atoms with Crippen LogP contribution in [-0.2, 0) is 9.59 Å². The quantitative estimate of drug-likeness (QED) is 0.641.